The summed E-state index contributed by atoms with van der Waals surface area (Å²) in [5.74, 6) is 1.42. The molecule has 0 bridgehead atoms. The molecule has 1 saturated heterocycles. The average molecular weight is 335 g/mol. The zero-order valence-electron chi connectivity index (χ0n) is 13.3. The minimum atomic E-state index is 0.147. The summed E-state index contributed by atoms with van der Waals surface area (Å²) in [6.07, 6.45) is 2.81. The van der Waals surface area contributed by atoms with Gasteiger partial charge in [-0.15, -0.1) is 0 Å². The maximum Gasteiger partial charge on any atom is 0.166 e. The van der Waals surface area contributed by atoms with Crippen LogP contribution in [-0.2, 0) is 11.2 Å². The van der Waals surface area contributed by atoms with E-state index >= 15 is 0 Å². The molecular weight excluding hydrogens is 314 g/mol. The largest absolute Gasteiger partial charge is 0.493 e. The first-order valence-corrected chi connectivity index (χ1v) is 7.90. The summed E-state index contributed by atoms with van der Waals surface area (Å²) in [6, 6.07) is 4.09. The summed E-state index contributed by atoms with van der Waals surface area (Å²) in [5, 5.41) is 1.54. The molecule has 1 atom stereocenters. The number of H-pyrrole nitrogens is 1. The summed E-state index contributed by atoms with van der Waals surface area (Å²) in [4.78, 5) is 5.33. The second-order valence-corrected chi connectivity index (χ2v) is 5.95. The fourth-order valence-corrected chi connectivity index (χ4v) is 3.28. The number of thiocarbonyl (C=S) groups is 1. The number of nitrogens with two attached hydrogens (primary N) is 1. The normalized spacial score (nSPS) is 18.2. The molecular formula is C16H21N3O3S. The Bertz CT molecular complexity index is 716. The van der Waals surface area contributed by atoms with E-state index in [2.05, 4.69) is 4.98 Å². The fourth-order valence-electron chi connectivity index (χ4n) is 3.04. The van der Waals surface area contributed by atoms with Crippen LogP contribution in [-0.4, -0.2) is 55.0 Å². The van der Waals surface area contributed by atoms with E-state index in [1.54, 1.807) is 14.2 Å². The number of aromatic nitrogens is 1. The van der Waals surface area contributed by atoms with E-state index < -0.39 is 0 Å². The lowest BCUT2D eigenvalue weighted by Crippen LogP contribution is -2.51. The highest BCUT2D eigenvalue weighted by atomic mass is 32.1. The minimum Gasteiger partial charge on any atom is -0.493 e. The second-order valence-electron chi connectivity index (χ2n) is 5.53. The maximum absolute atomic E-state index is 5.84. The Balaban J connectivity index is 1.92. The number of aromatic amines is 1. The standard InChI is InChI=1S/C16H21N3O3S/c1-20-14-6-12-10(8-18-13(12)7-15(14)21-2)5-11-9-22-4-3-19(11)16(17)23/h6-8,11,18H,3-5,9H2,1-2H3,(H2,17,23)/t11-/m0/s1. The minimum absolute atomic E-state index is 0.147. The van der Waals surface area contributed by atoms with Gasteiger partial charge in [-0.2, -0.15) is 0 Å². The average Bonchev–Trinajstić information content (AvgIpc) is 2.95. The number of methoxy groups -OCH3 is 2. The van der Waals surface area contributed by atoms with Crippen molar-refractivity contribution in [2.45, 2.75) is 12.5 Å². The summed E-state index contributed by atoms with van der Waals surface area (Å²) in [7, 11) is 3.27. The topological polar surface area (TPSA) is 72.7 Å². The zero-order chi connectivity index (χ0) is 16.4. The Labute approximate surface area is 140 Å². The summed E-state index contributed by atoms with van der Waals surface area (Å²) in [5.41, 5.74) is 8.03. The number of fused-ring (bicyclic) bond motifs is 1. The van der Waals surface area contributed by atoms with Gasteiger partial charge in [0.15, 0.2) is 16.6 Å². The fraction of sp³-hybridized carbons (Fsp3) is 0.438. The van der Waals surface area contributed by atoms with Gasteiger partial charge in [-0.25, -0.2) is 0 Å². The zero-order valence-corrected chi connectivity index (χ0v) is 14.1. The third-order valence-corrected chi connectivity index (χ3v) is 4.47. The van der Waals surface area contributed by atoms with Gasteiger partial charge in [-0.3, -0.25) is 0 Å². The van der Waals surface area contributed by atoms with Crippen molar-refractivity contribution in [3.05, 3.63) is 23.9 Å². The van der Waals surface area contributed by atoms with Gasteiger partial charge < -0.3 is 29.8 Å². The molecule has 0 aliphatic carbocycles. The van der Waals surface area contributed by atoms with Crippen molar-refractivity contribution in [3.8, 4) is 11.5 Å². The Hall–Kier alpha value is -1.99. The first-order valence-electron chi connectivity index (χ1n) is 7.50. The SMILES string of the molecule is COc1cc2[nH]cc(C[C@H]3COCCN3C(N)=S)c2cc1OC. The van der Waals surface area contributed by atoms with Gasteiger partial charge in [0.05, 0.1) is 33.5 Å². The number of hydrogen-bond acceptors (Lipinski definition) is 4. The van der Waals surface area contributed by atoms with Crippen molar-refractivity contribution < 1.29 is 14.2 Å². The quantitative estimate of drug-likeness (QED) is 0.828. The molecule has 1 aromatic carbocycles. The molecule has 23 heavy (non-hydrogen) atoms. The second kappa shape index (κ2) is 6.64. The first kappa shape index (κ1) is 15.9. The van der Waals surface area contributed by atoms with Crippen LogP contribution < -0.4 is 15.2 Å². The molecule has 0 saturated carbocycles. The van der Waals surface area contributed by atoms with Crippen LogP contribution in [0.5, 0.6) is 11.5 Å². The van der Waals surface area contributed by atoms with E-state index in [0.717, 1.165) is 23.9 Å². The number of ether oxygens (including phenoxy) is 3. The van der Waals surface area contributed by atoms with E-state index in [1.807, 2.05) is 23.2 Å². The monoisotopic (exact) mass is 335 g/mol. The maximum atomic E-state index is 5.84. The van der Waals surface area contributed by atoms with Crippen molar-refractivity contribution >= 4 is 28.2 Å². The van der Waals surface area contributed by atoms with Crippen LogP contribution in [0, 0.1) is 0 Å². The molecule has 7 heteroatoms. The molecule has 3 N–H and O–H groups in total. The van der Waals surface area contributed by atoms with Crippen molar-refractivity contribution in [1.29, 1.82) is 0 Å². The van der Waals surface area contributed by atoms with E-state index in [4.69, 9.17) is 32.2 Å². The third-order valence-electron chi connectivity index (χ3n) is 4.24. The van der Waals surface area contributed by atoms with Gasteiger partial charge >= 0.3 is 0 Å². The number of morpholine rings is 1. The lowest BCUT2D eigenvalue weighted by molar-refractivity contribution is 0.0274. The predicted octanol–water partition coefficient (Wildman–Crippen LogP) is 1.67. The Morgan fingerprint density at radius 3 is 2.83 bits per heavy atom. The van der Waals surface area contributed by atoms with Gasteiger partial charge in [0.1, 0.15) is 0 Å². The van der Waals surface area contributed by atoms with Gasteiger partial charge in [-0.1, -0.05) is 0 Å². The van der Waals surface area contributed by atoms with Crippen LogP contribution in [0.4, 0.5) is 0 Å². The Morgan fingerprint density at radius 2 is 2.13 bits per heavy atom. The number of rotatable bonds is 4. The predicted molar refractivity (Wildman–Crippen MR) is 93.2 cm³/mol. The molecule has 1 aromatic heterocycles. The van der Waals surface area contributed by atoms with Gasteiger partial charge in [0.25, 0.3) is 0 Å². The molecule has 2 aromatic rings. The highest BCUT2D eigenvalue weighted by Crippen LogP contribution is 2.34. The van der Waals surface area contributed by atoms with Crippen molar-refractivity contribution in [1.82, 2.24) is 9.88 Å². The molecule has 124 valence electrons. The molecule has 3 rings (SSSR count). The number of benzene rings is 1. The van der Waals surface area contributed by atoms with Crippen molar-refractivity contribution in [2.24, 2.45) is 5.73 Å². The lowest BCUT2D eigenvalue weighted by Gasteiger charge is -2.36. The van der Waals surface area contributed by atoms with E-state index in [9.17, 15) is 0 Å². The van der Waals surface area contributed by atoms with E-state index in [1.165, 1.54) is 5.56 Å². The number of hydrogen-bond donors (Lipinski definition) is 2. The first-order chi connectivity index (χ1) is 11.1. The van der Waals surface area contributed by atoms with Crippen molar-refractivity contribution in [3.63, 3.8) is 0 Å². The molecule has 6 nitrogen and oxygen atoms in total. The lowest BCUT2D eigenvalue weighted by atomic mass is 10.0. The third kappa shape index (κ3) is 3.07. The molecule has 0 spiro atoms. The van der Waals surface area contributed by atoms with Gasteiger partial charge in [0, 0.05) is 29.7 Å². The molecule has 0 radical (unpaired) electrons. The molecule has 0 unspecified atom stereocenters. The molecule has 1 fully saturated rings. The van der Waals surface area contributed by atoms with Crippen LogP contribution in [0.3, 0.4) is 0 Å². The van der Waals surface area contributed by atoms with E-state index in [-0.39, 0.29) is 6.04 Å². The highest BCUT2D eigenvalue weighted by molar-refractivity contribution is 7.80. The van der Waals surface area contributed by atoms with Crippen LogP contribution in [0.15, 0.2) is 18.3 Å². The van der Waals surface area contributed by atoms with Crippen LogP contribution in [0.25, 0.3) is 10.9 Å². The van der Waals surface area contributed by atoms with Gasteiger partial charge in [-0.05, 0) is 30.3 Å². The van der Waals surface area contributed by atoms with Gasteiger partial charge in [0.2, 0.25) is 0 Å². The number of nitrogens with one attached hydrogen (secondary N) is 1. The van der Waals surface area contributed by atoms with Crippen LogP contribution in [0.1, 0.15) is 5.56 Å². The summed E-state index contributed by atoms with van der Waals surface area (Å²) < 4.78 is 16.3. The molecule has 1 aliphatic heterocycles. The summed E-state index contributed by atoms with van der Waals surface area (Å²) >= 11 is 5.16. The summed E-state index contributed by atoms with van der Waals surface area (Å²) in [6.45, 7) is 2.02. The van der Waals surface area contributed by atoms with Crippen LogP contribution >= 0.6 is 12.2 Å². The molecule has 0 amide bonds. The highest BCUT2D eigenvalue weighted by Gasteiger charge is 2.25. The molecule has 2 heterocycles. The smallest absolute Gasteiger partial charge is 0.166 e. The van der Waals surface area contributed by atoms with Crippen molar-refractivity contribution in [2.75, 3.05) is 34.0 Å². The Morgan fingerprint density at radius 1 is 1.39 bits per heavy atom. The number of nitrogens with zero attached hydrogens (tertiary/aromatic N) is 1. The van der Waals surface area contributed by atoms with Crippen LogP contribution in [0.2, 0.25) is 0 Å². The van der Waals surface area contributed by atoms with E-state index in [0.29, 0.717) is 29.8 Å². The molecule has 1 aliphatic rings. The Kier molecular flexibility index (Phi) is 4.58.